The van der Waals surface area contributed by atoms with E-state index in [1.165, 1.54) is 20.8 Å². The summed E-state index contributed by atoms with van der Waals surface area (Å²) in [5.74, 6) is -2.77. The highest BCUT2D eigenvalue weighted by molar-refractivity contribution is 8.15. The Bertz CT molecular complexity index is 520. The minimum atomic E-state index is -1.33. The normalized spacial score (nSPS) is 12.0. The van der Waals surface area contributed by atoms with Crippen LogP contribution >= 0.6 is 23.5 Å². The van der Waals surface area contributed by atoms with Gasteiger partial charge < -0.3 is 19.9 Å². The first kappa shape index (κ1) is 22.2. The average Bonchev–Trinajstić information content (AvgIpc) is 2.41. The van der Waals surface area contributed by atoms with Gasteiger partial charge in [-0.15, -0.1) is 0 Å². The maximum absolute atomic E-state index is 12.2. The first-order valence-electron chi connectivity index (χ1n) is 6.62. The van der Waals surface area contributed by atoms with E-state index in [4.69, 9.17) is 5.11 Å². The van der Waals surface area contributed by atoms with E-state index in [2.05, 4.69) is 14.8 Å². The van der Waals surface area contributed by atoms with Crippen molar-refractivity contribution in [3.05, 3.63) is 0 Å². The van der Waals surface area contributed by atoms with E-state index in [9.17, 15) is 24.0 Å². The minimum Gasteiger partial charge on any atom is -0.480 e. The predicted molar refractivity (Wildman–Crippen MR) is 87.5 cm³/mol. The zero-order chi connectivity index (χ0) is 18.9. The number of aliphatic carboxylic acids is 1. The molecule has 9 nitrogen and oxygen atoms in total. The third-order valence-corrected chi connectivity index (χ3v) is 4.27. The zero-order valence-corrected chi connectivity index (χ0v) is 15.2. The third kappa shape index (κ3) is 9.40. The molecule has 0 aromatic carbocycles. The lowest BCUT2D eigenvalue weighted by Crippen LogP contribution is -2.49. The maximum atomic E-state index is 12.2. The first-order chi connectivity index (χ1) is 11.0. The molecule has 2 N–H and O–H groups in total. The monoisotopic (exact) mass is 381 g/mol. The second-order valence-electron chi connectivity index (χ2n) is 4.93. The molecule has 136 valence electrons. The summed E-state index contributed by atoms with van der Waals surface area (Å²) < 4.78 is 7.70. The van der Waals surface area contributed by atoms with E-state index in [1.54, 1.807) is 0 Å². The molecule has 0 aliphatic rings. The Balaban J connectivity index is 4.61. The standard InChI is InChI=1S/C13H19NO8S2/c1-7(15)21-6-22-12(20)24-13(3,4)11(19)14-9(10(17)18)5-23-8(2)16/h9H,5-6H2,1-4H3,(H,14,19)(H,17,18)/t9-/m0/s1. The highest BCUT2D eigenvalue weighted by atomic mass is 32.2. The van der Waals surface area contributed by atoms with Gasteiger partial charge in [0.2, 0.25) is 12.7 Å². The van der Waals surface area contributed by atoms with E-state index in [1.807, 2.05) is 0 Å². The van der Waals surface area contributed by atoms with Crippen LogP contribution in [0.2, 0.25) is 0 Å². The lowest BCUT2D eigenvalue weighted by Gasteiger charge is -2.24. The van der Waals surface area contributed by atoms with E-state index in [0.29, 0.717) is 11.8 Å². The minimum absolute atomic E-state index is 0.131. The summed E-state index contributed by atoms with van der Waals surface area (Å²) in [4.78, 5) is 56.3. The van der Waals surface area contributed by atoms with Gasteiger partial charge in [0, 0.05) is 19.6 Å². The Hall–Kier alpha value is -1.75. The van der Waals surface area contributed by atoms with Crippen molar-refractivity contribution in [2.24, 2.45) is 0 Å². The van der Waals surface area contributed by atoms with Crippen molar-refractivity contribution in [3.63, 3.8) is 0 Å². The highest BCUT2D eigenvalue weighted by Gasteiger charge is 2.35. The van der Waals surface area contributed by atoms with Crippen molar-refractivity contribution in [3.8, 4) is 0 Å². The Morgan fingerprint density at radius 1 is 1.12 bits per heavy atom. The number of carboxylic acids is 1. The summed E-state index contributed by atoms with van der Waals surface area (Å²) in [6.07, 6.45) is 0. The van der Waals surface area contributed by atoms with Crippen LogP contribution in [0.25, 0.3) is 0 Å². The van der Waals surface area contributed by atoms with Crippen molar-refractivity contribution in [2.75, 3.05) is 12.5 Å². The number of carbonyl (C=O) groups is 5. The summed E-state index contributed by atoms with van der Waals surface area (Å²) in [5.41, 5.74) is 0. The fraction of sp³-hybridized carbons (Fsp3) is 0.615. The molecular formula is C13H19NO8S2. The first-order valence-corrected chi connectivity index (χ1v) is 8.42. The highest BCUT2D eigenvalue weighted by Crippen LogP contribution is 2.26. The van der Waals surface area contributed by atoms with Crippen LogP contribution in [0.15, 0.2) is 0 Å². The van der Waals surface area contributed by atoms with Crippen LogP contribution in [0, 0.1) is 0 Å². The zero-order valence-electron chi connectivity index (χ0n) is 13.6. The third-order valence-electron chi connectivity index (χ3n) is 2.38. The molecule has 0 fully saturated rings. The van der Waals surface area contributed by atoms with Gasteiger partial charge in [-0.3, -0.25) is 14.4 Å². The SMILES string of the molecule is CC(=O)OCOC(=O)SC(C)(C)C(=O)N[C@@H](CSC(C)=O)C(=O)O. The van der Waals surface area contributed by atoms with Gasteiger partial charge in [-0.05, 0) is 25.6 Å². The van der Waals surface area contributed by atoms with Crippen LogP contribution < -0.4 is 5.32 Å². The number of thioether (sulfide) groups is 2. The fourth-order valence-corrected chi connectivity index (χ4v) is 2.45. The average molecular weight is 381 g/mol. The molecule has 0 bridgehead atoms. The van der Waals surface area contributed by atoms with E-state index < -0.39 is 40.7 Å². The molecule has 0 aliphatic heterocycles. The van der Waals surface area contributed by atoms with Crippen molar-refractivity contribution in [1.82, 2.24) is 5.32 Å². The number of rotatable bonds is 8. The molecule has 0 aliphatic carbocycles. The van der Waals surface area contributed by atoms with Gasteiger partial charge in [-0.25, -0.2) is 9.59 Å². The van der Waals surface area contributed by atoms with Crippen molar-refractivity contribution in [1.29, 1.82) is 0 Å². The Morgan fingerprint density at radius 2 is 1.71 bits per heavy atom. The predicted octanol–water partition coefficient (Wildman–Crippen LogP) is 1.00. The molecule has 0 saturated heterocycles. The second-order valence-corrected chi connectivity index (χ2v) is 7.68. The van der Waals surface area contributed by atoms with Crippen LogP contribution in [0.1, 0.15) is 27.7 Å². The molecule has 0 radical (unpaired) electrons. The van der Waals surface area contributed by atoms with Crippen molar-refractivity contribution < 1.29 is 38.6 Å². The largest absolute Gasteiger partial charge is 0.480 e. The maximum Gasteiger partial charge on any atom is 0.371 e. The van der Waals surface area contributed by atoms with Crippen LogP contribution in [0.4, 0.5) is 4.79 Å². The van der Waals surface area contributed by atoms with E-state index in [-0.39, 0.29) is 10.9 Å². The molecule has 0 spiro atoms. The molecular weight excluding hydrogens is 362 g/mol. The van der Waals surface area contributed by atoms with Gasteiger partial charge in [-0.1, -0.05) is 11.8 Å². The summed E-state index contributed by atoms with van der Waals surface area (Å²) >= 11 is 1.28. The van der Waals surface area contributed by atoms with Crippen LogP contribution in [-0.4, -0.2) is 56.7 Å². The Kier molecular flexibility index (Phi) is 9.44. The fourth-order valence-electron chi connectivity index (χ4n) is 1.15. The van der Waals surface area contributed by atoms with E-state index >= 15 is 0 Å². The quantitative estimate of drug-likeness (QED) is 0.463. The summed E-state index contributed by atoms with van der Waals surface area (Å²) in [6.45, 7) is 4.65. The lowest BCUT2D eigenvalue weighted by atomic mass is 10.2. The van der Waals surface area contributed by atoms with Gasteiger partial charge in [-0.2, -0.15) is 0 Å². The molecule has 0 heterocycles. The summed E-state index contributed by atoms with van der Waals surface area (Å²) in [7, 11) is 0. The number of amides is 1. The molecule has 0 aromatic rings. The number of ether oxygens (including phenoxy) is 2. The number of hydrogen-bond acceptors (Lipinski definition) is 9. The molecule has 0 saturated carbocycles. The number of carbonyl (C=O) groups excluding carboxylic acids is 4. The van der Waals surface area contributed by atoms with Crippen LogP contribution in [0.3, 0.4) is 0 Å². The molecule has 11 heteroatoms. The smallest absolute Gasteiger partial charge is 0.371 e. The summed E-state index contributed by atoms with van der Waals surface area (Å²) in [5, 5.41) is 10.2. The van der Waals surface area contributed by atoms with Gasteiger partial charge >= 0.3 is 17.2 Å². The molecule has 0 unspecified atom stereocenters. The van der Waals surface area contributed by atoms with Gasteiger partial charge in [0.05, 0.1) is 4.75 Å². The lowest BCUT2D eigenvalue weighted by molar-refractivity contribution is -0.148. The number of hydrogen-bond donors (Lipinski definition) is 2. The number of carboxylic acid groups (broad SMARTS) is 1. The summed E-state index contributed by atoms with van der Waals surface area (Å²) in [6, 6.07) is -1.27. The second kappa shape index (κ2) is 10.2. The Morgan fingerprint density at radius 3 is 2.17 bits per heavy atom. The number of nitrogens with one attached hydrogen (secondary N) is 1. The Labute approximate surface area is 147 Å². The number of esters is 1. The van der Waals surface area contributed by atoms with Crippen LogP contribution in [-0.2, 0) is 28.7 Å². The molecule has 1 atom stereocenters. The van der Waals surface area contributed by atoms with E-state index in [0.717, 1.165) is 18.7 Å². The van der Waals surface area contributed by atoms with Crippen molar-refractivity contribution >= 4 is 51.8 Å². The van der Waals surface area contributed by atoms with Gasteiger partial charge in [0.1, 0.15) is 6.04 Å². The molecule has 0 rings (SSSR count). The molecule has 0 aromatic heterocycles. The molecule has 24 heavy (non-hydrogen) atoms. The topological polar surface area (TPSA) is 136 Å². The van der Waals surface area contributed by atoms with Gasteiger partial charge in [0.15, 0.2) is 5.12 Å². The molecule has 1 amide bonds. The van der Waals surface area contributed by atoms with Gasteiger partial charge in [0.25, 0.3) is 0 Å². The van der Waals surface area contributed by atoms with Crippen molar-refractivity contribution in [2.45, 2.75) is 38.5 Å². The van der Waals surface area contributed by atoms with Crippen LogP contribution in [0.5, 0.6) is 0 Å².